The Morgan fingerprint density at radius 1 is 1.00 bits per heavy atom. The molecule has 3 N–H and O–H groups in total. The first-order chi connectivity index (χ1) is 12.5. The Balaban J connectivity index is 4.81. The molecule has 168 valence electrons. The maximum atomic E-state index is 12.2. The van der Waals surface area contributed by atoms with Crippen LogP contribution >= 0.6 is 0 Å². The number of hydrogen-bond donors (Lipinski definition) is 2. The van der Waals surface area contributed by atoms with Gasteiger partial charge in [-0.15, -0.1) is 0 Å². The predicted molar refractivity (Wildman–Crippen MR) is 113 cm³/mol. The van der Waals surface area contributed by atoms with Crippen LogP contribution in [-0.4, -0.2) is 41.4 Å². The first kappa shape index (κ1) is 27.1. The van der Waals surface area contributed by atoms with Crippen molar-refractivity contribution in [2.24, 2.45) is 23.0 Å². The molecular formula is C22H45NO5. The Kier molecular flexibility index (Phi) is 9.95. The van der Waals surface area contributed by atoms with Crippen molar-refractivity contribution in [3.8, 4) is 0 Å². The van der Waals surface area contributed by atoms with E-state index < -0.39 is 23.1 Å². The lowest BCUT2D eigenvalue weighted by atomic mass is 9.68. The summed E-state index contributed by atoms with van der Waals surface area (Å²) in [5.41, 5.74) is 3.50. The van der Waals surface area contributed by atoms with Gasteiger partial charge in [0.15, 0.2) is 0 Å². The highest BCUT2D eigenvalue weighted by Gasteiger charge is 2.45. The van der Waals surface area contributed by atoms with Crippen LogP contribution in [-0.2, 0) is 14.2 Å². The minimum atomic E-state index is -0.923. The Labute approximate surface area is 172 Å². The quantitative estimate of drug-likeness (QED) is 0.357. The standard InChI is InChI=1S/C22H45NO5/c1-11-12-13-22(10,23)27-15-16(2)19(4,5)21(8,9)28-18(24)26-14-17(3)20(6,7)25/h16-17,25H,11-15,23H2,1-10H3. The first-order valence-corrected chi connectivity index (χ1v) is 10.5. The van der Waals surface area contributed by atoms with E-state index in [-0.39, 0.29) is 23.9 Å². The van der Waals surface area contributed by atoms with E-state index in [4.69, 9.17) is 19.9 Å². The molecule has 0 aliphatic carbocycles. The Bertz CT molecular complexity index is 480. The van der Waals surface area contributed by atoms with Gasteiger partial charge in [-0.3, -0.25) is 0 Å². The number of nitrogens with two attached hydrogens (primary N) is 1. The zero-order valence-electron chi connectivity index (χ0n) is 19.8. The van der Waals surface area contributed by atoms with E-state index in [0.29, 0.717) is 6.61 Å². The maximum Gasteiger partial charge on any atom is 0.508 e. The van der Waals surface area contributed by atoms with Crippen LogP contribution in [0.25, 0.3) is 0 Å². The molecule has 0 saturated carbocycles. The van der Waals surface area contributed by atoms with E-state index in [2.05, 4.69) is 13.8 Å². The van der Waals surface area contributed by atoms with Gasteiger partial charge in [-0.2, -0.15) is 0 Å². The molecule has 0 amide bonds. The van der Waals surface area contributed by atoms with Gasteiger partial charge in [0, 0.05) is 11.3 Å². The molecule has 6 heteroatoms. The molecule has 0 aromatic heterocycles. The average molecular weight is 404 g/mol. The average Bonchev–Trinajstić information content (AvgIpc) is 2.54. The molecule has 0 aromatic carbocycles. The van der Waals surface area contributed by atoms with Crippen LogP contribution in [0.4, 0.5) is 4.79 Å². The first-order valence-electron chi connectivity index (χ1n) is 10.5. The molecule has 0 radical (unpaired) electrons. The van der Waals surface area contributed by atoms with Crippen molar-refractivity contribution < 1.29 is 24.1 Å². The monoisotopic (exact) mass is 403 g/mol. The number of ether oxygens (including phenoxy) is 3. The number of rotatable bonds is 12. The molecule has 3 unspecified atom stereocenters. The lowest BCUT2D eigenvalue weighted by Crippen LogP contribution is -2.50. The van der Waals surface area contributed by atoms with E-state index >= 15 is 0 Å². The molecule has 0 saturated heterocycles. The summed E-state index contributed by atoms with van der Waals surface area (Å²) in [4.78, 5) is 12.2. The van der Waals surface area contributed by atoms with Crippen molar-refractivity contribution in [1.82, 2.24) is 0 Å². The third-order valence-electron chi connectivity index (χ3n) is 6.47. The summed E-state index contributed by atoms with van der Waals surface area (Å²) in [6.07, 6.45) is 2.18. The van der Waals surface area contributed by atoms with Gasteiger partial charge in [-0.25, -0.2) is 4.79 Å². The zero-order chi connectivity index (χ0) is 22.4. The third-order valence-corrected chi connectivity index (χ3v) is 6.47. The van der Waals surface area contributed by atoms with Gasteiger partial charge in [0.25, 0.3) is 0 Å². The maximum absolute atomic E-state index is 12.2. The van der Waals surface area contributed by atoms with Crippen molar-refractivity contribution in [2.45, 2.75) is 105 Å². The summed E-state index contributed by atoms with van der Waals surface area (Å²) in [6, 6.07) is 0. The van der Waals surface area contributed by atoms with E-state index in [1.165, 1.54) is 0 Å². The Morgan fingerprint density at radius 2 is 1.54 bits per heavy atom. The lowest BCUT2D eigenvalue weighted by molar-refractivity contribution is -0.130. The molecule has 0 rings (SSSR count). The zero-order valence-corrected chi connectivity index (χ0v) is 19.8. The van der Waals surface area contributed by atoms with Crippen LogP contribution in [0.5, 0.6) is 0 Å². The minimum absolute atomic E-state index is 0.0927. The van der Waals surface area contributed by atoms with Gasteiger partial charge in [-0.05, 0) is 53.4 Å². The van der Waals surface area contributed by atoms with Crippen LogP contribution in [0.3, 0.4) is 0 Å². The highest BCUT2D eigenvalue weighted by molar-refractivity contribution is 5.60. The molecule has 6 nitrogen and oxygen atoms in total. The molecule has 0 aliphatic rings. The molecule has 0 spiro atoms. The molecule has 0 aromatic rings. The van der Waals surface area contributed by atoms with Crippen molar-refractivity contribution in [3.63, 3.8) is 0 Å². The van der Waals surface area contributed by atoms with E-state index in [1.54, 1.807) is 13.8 Å². The minimum Gasteiger partial charge on any atom is -0.434 e. The van der Waals surface area contributed by atoms with E-state index in [1.807, 2.05) is 41.5 Å². The summed E-state index contributed by atoms with van der Waals surface area (Å²) in [6.45, 7) is 19.7. The van der Waals surface area contributed by atoms with Crippen LogP contribution in [0.1, 0.15) is 88.5 Å². The van der Waals surface area contributed by atoms with Gasteiger partial charge >= 0.3 is 6.16 Å². The normalized spacial score (nSPS) is 17.6. The number of unbranched alkanes of at least 4 members (excludes halogenated alkanes) is 1. The van der Waals surface area contributed by atoms with Gasteiger partial charge < -0.3 is 25.1 Å². The molecule has 0 fully saturated rings. The predicted octanol–water partition coefficient (Wildman–Crippen LogP) is 4.87. The second-order valence-corrected chi connectivity index (χ2v) is 10.1. The third kappa shape index (κ3) is 8.66. The number of carbonyl (C=O) groups excluding carboxylic acids is 1. The SMILES string of the molecule is CCCCC(C)(N)OCC(C)C(C)(C)C(C)(C)OC(=O)OCC(C)C(C)(C)O. The molecule has 28 heavy (non-hydrogen) atoms. The number of aliphatic hydroxyl groups is 1. The largest absolute Gasteiger partial charge is 0.508 e. The summed E-state index contributed by atoms with van der Waals surface area (Å²) in [5.74, 6) is -0.107. The van der Waals surface area contributed by atoms with Crippen LogP contribution in [0.15, 0.2) is 0 Å². The van der Waals surface area contributed by atoms with Gasteiger partial charge in [0.2, 0.25) is 0 Å². The van der Waals surface area contributed by atoms with Crippen molar-refractivity contribution in [1.29, 1.82) is 0 Å². The van der Waals surface area contributed by atoms with Gasteiger partial charge in [0.1, 0.15) is 17.9 Å². The fourth-order valence-corrected chi connectivity index (χ4v) is 2.48. The topological polar surface area (TPSA) is 91.0 Å². The molecule has 0 bridgehead atoms. The molecule has 0 heterocycles. The van der Waals surface area contributed by atoms with Crippen LogP contribution in [0, 0.1) is 17.3 Å². The second kappa shape index (κ2) is 10.3. The van der Waals surface area contributed by atoms with Crippen molar-refractivity contribution in [3.05, 3.63) is 0 Å². The number of carbonyl (C=O) groups is 1. The molecule has 3 atom stereocenters. The summed E-state index contributed by atoms with van der Waals surface area (Å²) < 4.78 is 16.9. The fraction of sp³-hybridized carbons (Fsp3) is 0.955. The van der Waals surface area contributed by atoms with E-state index in [9.17, 15) is 9.90 Å². The van der Waals surface area contributed by atoms with E-state index in [0.717, 1.165) is 19.3 Å². The highest BCUT2D eigenvalue weighted by Crippen LogP contribution is 2.41. The van der Waals surface area contributed by atoms with Gasteiger partial charge in [0.05, 0.1) is 12.2 Å². The van der Waals surface area contributed by atoms with Crippen molar-refractivity contribution >= 4 is 6.16 Å². The Hall–Kier alpha value is -0.850. The summed E-state index contributed by atoms with van der Waals surface area (Å²) >= 11 is 0. The summed E-state index contributed by atoms with van der Waals surface area (Å²) in [7, 11) is 0. The van der Waals surface area contributed by atoms with Crippen molar-refractivity contribution in [2.75, 3.05) is 13.2 Å². The molecular weight excluding hydrogens is 358 g/mol. The van der Waals surface area contributed by atoms with Crippen LogP contribution in [0.2, 0.25) is 0 Å². The smallest absolute Gasteiger partial charge is 0.434 e. The fourth-order valence-electron chi connectivity index (χ4n) is 2.48. The lowest BCUT2D eigenvalue weighted by Gasteiger charge is -2.45. The van der Waals surface area contributed by atoms with Crippen LogP contribution < -0.4 is 5.73 Å². The second-order valence-electron chi connectivity index (χ2n) is 10.1. The highest BCUT2D eigenvalue weighted by atomic mass is 16.7. The summed E-state index contributed by atoms with van der Waals surface area (Å²) in [5, 5.41) is 9.96. The number of hydrogen-bond acceptors (Lipinski definition) is 6. The Morgan fingerprint density at radius 3 is 2.00 bits per heavy atom. The molecule has 0 aliphatic heterocycles. The van der Waals surface area contributed by atoms with Gasteiger partial charge in [-0.1, -0.05) is 41.0 Å².